The predicted octanol–water partition coefficient (Wildman–Crippen LogP) is 7.17. The molecule has 0 spiro atoms. The number of ether oxygens (including phenoxy) is 4. The number of carbonyl (C=O) groups is 5. The summed E-state index contributed by atoms with van der Waals surface area (Å²) in [6, 6.07) is 22.3. The van der Waals surface area contributed by atoms with Crippen LogP contribution in [0.5, 0.6) is 5.75 Å². The predicted molar refractivity (Wildman–Crippen MR) is 224 cm³/mol. The van der Waals surface area contributed by atoms with E-state index in [4.69, 9.17) is 18.9 Å². The molecule has 1 aliphatic heterocycles. The Morgan fingerprint density at radius 1 is 0.780 bits per heavy atom. The number of carbonyl (C=O) groups excluding carboxylic acids is 5. The van der Waals surface area contributed by atoms with Gasteiger partial charge in [-0.1, -0.05) is 66.7 Å². The van der Waals surface area contributed by atoms with E-state index in [2.05, 4.69) is 16.0 Å². The Hall–Kier alpha value is -5.59. The fourth-order valence-corrected chi connectivity index (χ4v) is 6.47. The second-order valence-corrected chi connectivity index (χ2v) is 17.0. The summed E-state index contributed by atoms with van der Waals surface area (Å²) in [5, 5.41) is 8.43. The molecule has 0 aromatic heterocycles. The van der Waals surface area contributed by atoms with Crippen LogP contribution in [0.15, 0.2) is 78.9 Å². The van der Waals surface area contributed by atoms with Crippen LogP contribution in [0.2, 0.25) is 0 Å². The standard InChI is InChI=1S/C46H62N4O9/c1-32-18-20-37(56-27-25-34-24-26-50(30-34)44(55)59-46(5,6)7)28-36(32)29-47-41(52)38(21-19-33-14-10-8-11-15-33)48-42(53)39(22-23-40(51)58-45(2,3)4)49-43(54)57-31-35-16-12-9-13-17-35/h8-18,20,28,34,38-39H,19,21-27,29-31H2,1-7H3,(H,47,52)(H,48,53)(H,49,54)/t34?,38?,39-/m0/s1. The molecule has 3 aromatic rings. The van der Waals surface area contributed by atoms with E-state index in [1.165, 1.54) is 0 Å². The number of hydrogen-bond donors (Lipinski definition) is 3. The van der Waals surface area contributed by atoms with Crippen molar-refractivity contribution < 1.29 is 42.9 Å². The highest BCUT2D eigenvalue weighted by atomic mass is 16.6. The molecule has 2 unspecified atom stereocenters. The van der Waals surface area contributed by atoms with Crippen molar-refractivity contribution >= 4 is 30.0 Å². The van der Waals surface area contributed by atoms with Crippen LogP contribution in [-0.2, 0) is 48.2 Å². The van der Waals surface area contributed by atoms with Crippen molar-refractivity contribution in [1.29, 1.82) is 0 Å². The summed E-state index contributed by atoms with van der Waals surface area (Å²) in [4.78, 5) is 67.6. The van der Waals surface area contributed by atoms with Crippen LogP contribution in [0.3, 0.4) is 0 Å². The number of amides is 4. The first-order chi connectivity index (χ1) is 27.9. The van der Waals surface area contributed by atoms with Crippen molar-refractivity contribution in [2.24, 2.45) is 5.92 Å². The van der Waals surface area contributed by atoms with Gasteiger partial charge in [-0.3, -0.25) is 14.4 Å². The van der Waals surface area contributed by atoms with Crippen molar-refractivity contribution in [3.63, 3.8) is 0 Å². The lowest BCUT2D eigenvalue weighted by Crippen LogP contribution is -2.54. The van der Waals surface area contributed by atoms with Gasteiger partial charge >= 0.3 is 18.2 Å². The van der Waals surface area contributed by atoms with Crippen molar-refractivity contribution in [3.05, 3.63) is 101 Å². The number of nitrogens with zero attached hydrogens (tertiary/aromatic N) is 1. The van der Waals surface area contributed by atoms with Crippen LogP contribution < -0.4 is 20.7 Å². The molecule has 4 rings (SSSR count). The fourth-order valence-electron chi connectivity index (χ4n) is 6.47. The number of esters is 1. The molecule has 0 saturated carbocycles. The van der Waals surface area contributed by atoms with Gasteiger partial charge in [0.25, 0.3) is 0 Å². The molecule has 59 heavy (non-hydrogen) atoms. The molecule has 13 heteroatoms. The Kier molecular flexibility index (Phi) is 17.2. The average Bonchev–Trinajstić information content (AvgIpc) is 3.66. The van der Waals surface area contributed by atoms with E-state index in [0.29, 0.717) is 37.8 Å². The maximum absolute atomic E-state index is 13.9. The van der Waals surface area contributed by atoms with Crippen molar-refractivity contribution in [2.75, 3.05) is 19.7 Å². The maximum Gasteiger partial charge on any atom is 0.410 e. The molecular weight excluding hydrogens is 753 g/mol. The van der Waals surface area contributed by atoms with E-state index in [1.54, 1.807) is 37.8 Å². The molecule has 4 amide bonds. The molecule has 0 radical (unpaired) electrons. The van der Waals surface area contributed by atoms with Crippen LogP contribution in [0, 0.1) is 12.8 Å². The number of rotatable bonds is 18. The quantitative estimate of drug-likeness (QED) is 0.0893. The average molecular weight is 815 g/mol. The number of hydrogen-bond acceptors (Lipinski definition) is 9. The minimum absolute atomic E-state index is 0.0179. The highest BCUT2D eigenvalue weighted by molar-refractivity contribution is 5.91. The number of alkyl carbamates (subject to hydrolysis) is 1. The highest BCUT2D eigenvalue weighted by Crippen LogP contribution is 2.24. The molecule has 0 bridgehead atoms. The van der Waals surface area contributed by atoms with E-state index in [1.807, 2.05) is 94.4 Å². The fraction of sp³-hybridized carbons (Fsp3) is 0.500. The van der Waals surface area contributed by atoms with E-state index in [0.717, 1.165) is 35.1 Å². The topological polar surface area (TPSA) is 162 Å². The van der Waals surface area contributed by atoms with Gasteiger partial charge in [0.15, 0.2) is 0 Å². The van der Waals surface area contributed by atoms with Crippen LogP contribution in [-0.4, -0.2) is 77.9 Å². The zero-order chi connectivity index (χ0) is 43.0. The molecule has 320 valence electrons. The van der Waals surface area contributed by atoms with Gasteiger partial charge in [0.1, 0.15) is 35.6 Å². The Morgan fingerprint density at radius 3 is 2.08 bits per heavy atom. The van der Waals surface area contributed by atoms with Crippen molar-refractivity contribution in [2.45, 2.75) is 123 Å². The van der Waals surface area contributed by atoms with Crippen molar-refractivity contribution in [3.8, 4) is 5.75 Å². The van der Waals surface area contributed by atoms with Gasteiger partial charge < -0.3 is 39.8 Å². The second-order valence-electron chi connectivity index (χ2n) is 17.0. The Labute approximate surface area is 348 Å². The molecule has 0 aliphatic carbocycles. The van der Waals surface area contributed by atoms with Gasteiger partial charge in [-0.2, -0.15) is 0 Å². The third-order valence-electron chi connectivity index (χ3n) is 9.58. The summed E-state index contributed by atoms with van der Waals surface area (Å²) >= 11 is 0. The molecule has 3 atom stereocenters. The third kappa shape index (κ3) is 17.0. The number of likely N-dealkylation sites (tertiary alicyclic amines) is 1. The first kappa shape index (κ1) is 46.1. The van der Waals surface area contributed by atoms with Gasteiger partial charge in [-0.25, -0.2) is 9.59 Å². The van der Waals surface area contributed by atoms with Crippen LogP contribution >= 0.6 is 0 Å². The van der Waals surface area contributed by atoms with E-state index in [-0.39, 0.29) is 38.5 Å². The third-order valence-corrected chi connectivity index (χ3v) is 9.58. The highest BCUT2D eigenvalue weighted by Gasteiger charge is 2.31. The Morgan fingerprint density at radius 2 is 1.42 bits per heavy atom. The van der Waals surface area contributed by atoms with Crippen LogP contribution in [0.4, 0.5) is 9.59 Å². The summed E-state index contributed by atoms with van der Waals surface area (Å²) in [6.07, 6.45) is 1.06. The van der Waals surface area contributed by atoms with Crippen LogP contribution in [0.1, 0.15) is 95.9 Å². The lowest BCUT2D eigenvalue weighted by molar-refractivity contribution is -0.155. The van der Waals surface area contributed by atoms with E-state index >= 15 is 0 Å². The Bertz CT molecular complexity index is 1840. The zero-order valence-corrected chi connectivity index (χ0v) is 35.6. The number of benzene rings is 3. The van der Waals surface area contributed by atoms with Gasteiger partial charge in [-0.05, 0) is 121 Å². The lowest BCUT2D eigenvalue weighted by Gasteiger charge is -2.24. The molecule has 3 N–H and O–H groups in total. The SMILES string of the molecule is Cc1ccc(OCCC2CCN(C(=O)OC(C)(C)C)C2)cc1CNC(=O)C(CCc1ccccc1)NC(=O)[C@H](CCC(=O)OC(C)(C)C)NC(=O)OCc1ccccc1. The van der Waals surface area contributed by atoms with Gasteiger partial charge in [0.2, 0.25) is 11.8 Å². The second kappa shape index (κ2) is 22.0. The summed E-state index contributed by atoms with van der Waals surface area (Å²) < 4.78 is 22.5. The molecule has 13 nitrogen and oxygen atoms in total. The normalized spacial score (nSPS) is 15.0. The smallest absolute Gasteiger partial charge is 0.410 e. The summed E-state index contributed by atoms with van der Waals surface area (Å²) in [5.41, 5.74) is 2.28. The van der Waals surface area contributed by atoms with Gasteiger partial charge in [0, 0.05) is 26.1 Å². The maximum atomic E-state index is 13.9. The largest absolute Gasteiger partial charge is 0.494 e. The zero-order valence-electron chi connectivity index (χ0n) is 35.6. The monoisotopic (exact) mass is 814 g/mol. The summed E-state index contributed by atoms with van der Waals surface area (Å²) in [5.74, 6) is -0.608. The van der Waals surface area contributed by atoms with Gasteiger partial charge in [-0.15, -0.1) is 0 Å². The van der Waals surface area contributed by atoms with E-state index in [9.17, 15) is 24.0 Å². The Balaban J connectivity index is 1.39. The first-order valence-electron chi connectivity index (χ1n) is 20.5. The molecule has 1 heterocycles. The lowest BCUT2D eigenvalue weighted by atomic mass is 10.0. The number of aryl methyl sites for hydroxylation is 2. The van der Waals surface area contributed by atoms with Crippen LogP contribution in [0.25, 0.3) is 0 Å². The minimum Gasteiger partial charge on any atom is -0.494 e. The van der Waals surface area contributed by atoms with Crippen molar-refractivity contribution in [1.82, 2.24) is 20.9 Å². The molecule has 1 aliphatic rings. The minimum atomic E-state index is -1.20. The van der Waals surface area contributed by atoms with Gasteiger partial charge in [0.05, 0.1) is 6.61 Å². The van der Waals surface area contributed by atoms with E-state index < -0.39 is 47.2 Å². The number of nitrogens with one attached hydrogen (secondary N) is 3. The molecule has 1 saturated heterocycles. The summed E-state index contributed by atoms with van der Waals surface area (Å²) in [6.45, 7) is 14.7. The summed E-state index contributed by atoms with van der Waals surface area (Å²) in [7, 11) is 0. The first-order valence-corrected chi connectivity index (χ1v) is 20.5. The molecule has 1 fully saturated rings. The molecule has 3 aromatic carbocycles. The molecular formula is C46H62N4O9.